The number of benzene rings is 2. The first-order valence-electron chi connectivity index (χ1n) is 11.0. The third-order valence-corrected chi connectivity index (χ3v) is 5.56. The van der Waals surface area contributed by atoms with Gasteiger partial charge in [0.2, 0.25) is 5.88 Å². The van der Waals surface area contributed by atoms with Crippen LogP contribution >= 0.6 is 11.6 Å². The maximum absolute atomic E-state index is 12.6. The maximum atomic E-state index is 12.6. The van der Waals surface area contributed by atoms with Gasteiger partial charge in [0, 0.05) is 18.3 Å². The van der Waals surface area contributed by atoms with E-state index < -0.39 is 6.04 Å². The number of pyridine rings is 1. The molecule has 0 unspecified atom stereocenters. The van der Waals surface area contributed by atoms with E-state index in [1.54, 1.807) is 67.7 Å². The number of amides is 2. The first-order chi connectivity index (χ1) is 16.3. The average molecular weight is 477 g/mol. The van der Waals surface area contributed by atoms with Crippen LogP contribution in [-0.2, 0) is 0 Å². The van der Waals surface area contributed by atoms with E-state index in [0.717, 1.165) is 5.56 Å². The van der Waals surface area contributed by atoms with Crippen molar-refractivity contribution in [3.8, 4) is 17.4 Å². The first kappa shape index (κ1) is 23.5. The highest BCUT2D eigenvalue weighted by Crippen LogP contribution is 2.32. The molecule has 4 rings (SSSR count). The predicted molar refractivity (Wildman–Crippen MR) is 132 cm³/mol. The number of hydrogen-bond donors (Lipinski definition) is 0. The smallest absolute Gasteiger partial charge is 0.262 e. The number of fused-ring (bicyclic) bond motifs is 1. The van der Waals surface area contributed by atoms with Crippen LogP contribution in [0.15, 0.2) is 66.9 Å². The minimum atomic E-state index is -0.404. The summed E-state index contributed by atoms with van der Waals surface area (Å²) in [7, 11) is 0. The van der Waals surface area contributed by atoms with Crippen molar-refractivity contribution in [2.45, 2.75) is 26.8 Å². The van der Waals surface area contributed by atoms with Gasteiger partial charge in [0.1, 0.15) is 11.5 Å². The highest BCUT2D eigenvalue weighted by molar-refractivity contribution is 6.32. The Kier molecular flexibility index (Phi) is 6.98. The van der Waals surface area contributed by atoms with E-state index in [1.807, 2.05) is 12.1 Å². The summed E-state index contributed by atoms with van der Waals surface area (Å²) in [6.07, 6.45) is 5.26. The molecule has 1 aliphatic heterocycles. The molecule has 0 N–H and O–H groups in total. The normalized spacial score (nSPS) is 14.1. The first-order valence-corrected chi connectivity index (χ1v) is 11.4. The molecule has 34 heavy (non-hydrogen) atoms. The van der Waals surface area contributed by atoms with Crippen LogP contribution in [0.1, 0.15) is 47.1 Å². The molecule has 1 aliphatic rings. The van der Waals surface area contributed by atoms with E-state index in [0.29, 0.717) is 46.1 Å². The molecule has 0 saturated carbocycles. The van der Waals surface area contributed by atoms with Crippen molar-refractivity contribution in [3.05, 3.63) is 88.6 Å². The van der Waals surface area contributed by atoms with Crippen molar-refractivity contribution in [2.24, 2.45) is 5.92 Å². The van der Waals surface area contributed by atoms with Gasteiger partial charge in [-0.3, -0.25) is 14.5 Å². The Bertz CT molecular complexity index is 1200. The van der Waals surface area contributed by atoms with Crippen molar-refractivity contribution in [1.29, 1.82) is 0 Å². The fraction of sp³-hybridized carbons (Fsp3) is 0.222. The van der Waals surface area contributed by atoms with Crippen molar-refractivity contribution in [3.63, 3.8) is 0 Å². The molecule has 0 fully saturated rings. The molecule has 0 saturated heterocycles. The molecule has 1 atom stereocenters. The number of halogens is 1. The van der Waals surface area contributed by atoms with Crippen LogP contribution in [0.3, 0.4) is 0 Å². The number of carbonyl (C=O) groups excluding carboxylic acids is 2. The van der Waals surface area contributed by atoms with E-state index in [1.165, 1.54) is 4.90 Å². The summed E-state index contributed by atoms with van der Waals surface area (Å²) in [6, 6.07) is 15.3. The standard InChI is InChI=1S/C27H25ClN2O4/c1-17(2)16-33-20-11-12-24(23(28)14-20)34-25-13-10-19(15-29-25)9-8-18(3)30-26(31)21-6-4-5-7-22(21)27(30)32/h4-15,17-18H,16H2,1-3H3/b9-8+/t18-/m0/s1. The Morgan fingerprint density at radius 3 is 2.29 bits per heavy atom. The van der Waals surface area contributed by atoms with Crippen molar-refractivity contribution in [2.75, 3.05) is 6.61 Å². The molecule has 0 bridgehead atoms. The average Bonchev–Trinajstić information content (AvgIpc) is 3.09. The number of rotatable bonds is 8. The van der Waals surface area contributed by atoms with Gasteiger partial charge in [-0.05, 0) is 48.7 Å². The summed E-state index contributed by atoms with van der Waals surface area (Å²) in [5.41, 5.74) is 1.68. The minimum Gasteiger partial charge on any atom is -0.493 e. The second kappa shape index (κ2) is 10.1. The molecule has 7 heteroatoms. The molecule has 2 aromatic carbocycles. The van der Waals surface area contributed by atoms with E-state index in [-0.39, 0.29) is 11.8 Å². The van der Waals surface area contributed by atoms with Crippen LogP contribution in [0.4, 0.5) is 0 Å². The monoisotopic (exact) mass is 476 g/mol. The Labute approximate surface area is 203 Å². The van der Waals surface area contributed by atoms with Gasteiger partial charge in [0.25, 0.3) is 11.8 Å². The Hall–Kier alpha value is -3.64. The number of hydrogen-bond acceptors (Lipinski definition) is 5. The molecule has 1 aromatic heterocycles. The Morgan fingerprint density at radius 2 is 1.71 bits per heavy atom. The lowest BCUT2D eigenvalue weighted by molar-refractivity contribution is 0.0625. The minimum absolute atomic E-state index is 0.280. The zero-order valence-corrected chi connectivity index (χ0v) is 20.0. The molecule has 174 valence electrons. The fourth-order valence-corrected chi connectivity index (χ4v) is 3.70. The van der Waals surface area contributed by atoms with Crippen LogP contribution in [0.2, 0.25) is 5.02 Å². The summed E-state index contributed by atoms with van der Waals surface area (Å²) in [5.74, 6) is 1.42. The number of imide groups is 1. The van der Waals surface area contributed by atoms with Gasteiger partial charge in [0.05, 0.1) is 28.8 Å². The van der Waals surface area contributed by atoms with Crippen LogP contribution in [0.25, 0.3) is 6.08 Å². The van der Waals surface area contributed by atoms with Gasteiger partial charge in [0.15, 0.2) is 0 Å². The van der Waals surface area contributed by atoms with Gasteiger partial charge in [-0.25, -0.2) is 4.98 Å². The number of nitrogens with zero attached hydrogens (tertiary/aromatic N) is 2. The Morgan fingerprint density at radius 1 is 1.00 bits per heavy atom. The number of aromatic nitrogens is 1. The molecule has 0 aliphatic carbocycles. The third-order valence-electron chi connectivity index (χ3n) is 5.26. The lowest BCUT2D eigenvalue weighted by Crippen LogP contribution is -2.36. The van der Waals surface area contributed by atoms with Crippen LogP contribution < -0.4 is 9.47 Å². The molecule has 3 aromatic rings. The summed E-state index contributed by atoms with van der Waals surface area (Å²) in [4.78, 5) is 30.8. The zero-order valence-electron chi connectivity index (χ0n) is 19.2. The van der Waals surface area contributed by atoms with Gasteiger partial charge in [-0.1, -0.05) is 49.7 Å². The quantitative estimate of drug-likeness (QED) is 0.359. The van der Waals surface area contributed by atoms with Crippen molar-refractivity contribution >= 4 is 29.5 Å². The van der Waals surface area contributed by atoms with Gasteiger partial charge < -0.3 is 9.47 Å². The maximum Gasteiger partial charge on any atom is 0.262 e. The summed E-state index contributed by atoms with van der Waals surface area (Å²) < 4.78 is 11.5. The van der Waals surface area contributed by atoms with Crippen LogP contribution in [0.5, 0.6) is 17.4 Å². The van der Waals surface area contributed by atoms with Crippen molar-refractivity contribution in [1.82, 2.24) is 9.88 Å². The molecular formula is C27H25ClN2O4. The lowest BCUT2D eigenvalue weighted by Gasteiger charge is -2.19. The highest BCUT2D eigenvalue weighted by atomic mass is 35.5. The third kappa shape index (κ3) is 5.13. The topological polar surface area (TPSA) is 68.7 Å². The number of carbonyl (C=O) groups is 2. The molecular weight excluding hydrogens is 452 g/mol. The van der Waals surface area contributed by atoms with E-state index >= 15 is 0 Å². The second-order valence-corrected chi connectivity index (χ2v) is 8.86. The fourth-order valence-electron chi connectivity index (χ4n) is 3.49. The molecule has 6 nitrogen and oxygen atoms in total. The van der Waals surface area contributed by atoms with Gasteiger partial charge >= 0.3 is 0 Å². The number of ether oxygens (including phenoxy) is 2. The highest BCUT2D eigenvalue weighted by Gasteiger charge is 2.37. The molecule has 0 radical (unpaired) electrons. The molecule has 2 heterocycles. The largest absolute Gasteiger partial charge is 0.493 e. The van der Waals surface area contributed by atoms with Crippen LogP contribution in [-0.4, -0.2) is 34.3 Å². The summed E-state index contributed by atoms with van der Waals surface area (Å²) >= 11 is 6.33. The summed E-state index contributed by atoms with van der Waals surface area (Å²) in [6.45, 7) is 6.57. The predicted octanol–water partition coefficient (Wildman–Crippen LogP) is 6.26. The van der Waals surface area contributed by atoms with Gasteiger partial charge in [-0.2, -0.15) is 0 Å². The SMILES string of the molecule is CC(C)COc1ccc(Oc2ccc(/C=C/[C@H](C)N3C(=O)c4ccccc4C3=O)cn2)c(Cl)c1. The lowest BCUT2D eigenvalue weighted by atomic mass is 10.1. The second-order valence-electron chi connectivity index (χ2n) is 8.45. The van der Waals surface area contributed by atoms with Crippen molar-refractivity contribution < 1.29 is 19.1 Å². The van der Waals surface area contributed by atoms with E-state index in [2.05, 4.69) is 18.8 Å². The van der Waals surface area contributed by atoms with E-state index in [4.69, 9.17) is 21.1 Å². The molecule has 2 amide bonds. The van der Waals surface area contributed by atoms with E-state index in [9.17, 15) is 9.59 Å². The summed E-state index contributed by atoms with van der Waals surface area (Å²) in [5, 5.41) is 0.432. The molecule has 0 spiro atoms. The van der Waals surface area contributed by atoms with Gasteiger partial charge in [-0.15, -0.1) is 0 Å². The van der Waals surface area contributed by atoms with Crippen LogP contribution in [0, 0.1) is 5.92 Å². The zero-order chi connectivity index (χ0) is 24.2. The Balaban J connectivity index is 1.39.